The molecular weight excluding hydrogens is 202 g/mol. The Kier molecular flexibility index (Phi) is 1.83. The van der Waals surface area contributed by atoms with Crippen LogP contribution in [0.25, 0.3) is 17.9 Å². The molecule has 0 spiro atoms. The summed E-state index contributed by atoms with van der Waals surface area (Å²) in [6.07, 6.45) is 9.97. The van der Waals surface area contributed by atoms with E-state index < -0.39 is 0 Å². The minimum absolute atomic E-state index is 0.128. The minimum atomic E-state index is -0.128. The van der Waals surface area contributed by atoms with Crippen molar-refractivity contribution >= 4 is 17.9 Å². The van der Waals surface area contributed by atoms with Crippen molar-refractivity contribution in [1.29, 1.82) is 0 Å². The van der Waals surface area contributed by atoms with E-state index in [-0.39, 0.29) is 5.56 Å². The molecule has 4 nitrogen and oxygen atoms in total. The molecule has 0 fully saturated rings. The Morgan fingerprint density at radius 2 is 2.38 bits per heavy atom. The first kappa shape index (κ1) is 9.15. The van der Waals surface area contributed by atoms with Crippen LogP contribution in [-0.2, 0) is 0 Å². The van der Waals surface area contributed by atoms with Crippen molar-refractivity contribution in [2.45, 2.75) is 6.92 Å². The van der Waals surface area contributed by atoms with E-state index in [1.54, 1.807) is 6.20 Å². The summed E-state index contributed by atoms with van der Waals surface area (Å²) in [7, 11) is 0. The van der Waals surface area contributed by atoms with Gasteiger partial charge in [-0.3, -0.25) is 14.2 Å². The van der Waals surface area contributed by atoms with Crippen molar-refractivity contribution in [3.8, 4) is 0 Å². The van der Waals surface area contributed by atoms with Gasteiger partial charge in [0.1, 0.15) is 0 Å². The fraction of sp³-hybridized carbons (Fsp3) is 0.167. The van der Waals surface area contributed by atoms with E-state index in [2.05, 4.69) is 29.0 Å². The fourth-order valence-electron chi connectivity index (χ4n) is 1.91. The van der Waals surface area contributed by atoms with E-state index in [1.807, 2.05) is 16.6 Å². The molecule has 4 heteroatoms. The molecule has 0 aromatic carbocycles. The molecule has 3 rings (SSSR count). The maximum absolute atomic E-state index is 11.2. The first-order valence-corrected chi connectivity index (χ1v) is 5.22. The van der Waals surface area contributed by atoms with E-state index in [0.717, 1.165) is 10.7 Å². The van der Waals surface area contributed by atoms with Gasteiger partial charge in [-0.15, -0.1) is 0 Å². The smallest absolute Gasteiger partial charge is 0.252 e. The second kappa shape index (κ2) is 3.20. The first-order chi connectivity index (χ1) is 7.74. The molecule has 1 unspecified atom stereocenters. The number of nitrogens with zero attached hydrogens (tertiary/aromatic N) is 2. The summed E-state index contributed by atoms with van der Waals surface area (Å²) in [4.78, 5) is 18.3. The molecule has 0 aliphatic heterocycles. The Morgan fingerprint density at radius 3 is 3.25 bits per heavy atom. The molecule has 1 N–H and O–H groups in total. The maximum atomic E-state index is 11.2. The number of allylic oxidation sites excluding steroid dienone is 2. The molecule has 0 radical (unpaired) electrons. The first-order valence-electron chi connectivity index (χ1n) is 5.22. The van der Waals surface area contributed by atoms with Crippen molar-refractivity contribution in [3.05, 3.63) is 45.5 Å². The average Bonchev–Trinajstić information content (AvgIpc) is 2.44. The van der Waals surface area contributed by atoms with Crippen LogP contribution >= 0.6 is 0 Å². The van der Waals surface area contributed by atoms with E-state index in [0.29, 0.717) is 11.7 Å². The summed E-state index contributed by atoms with van der Waals surface area (Å²) in [5.74, 6) is 0.946. The fourth-order valence-corrected chi connectivity index (χ4v) is 1.91. The molecule has 1 aliphatic carbocycles. The van der Waals surface area contributed by atoms with Crippen LogP contribution in [0.4, 0.5) is 0 Å². The van der Waals surface area contributed by atoms with Crippen LogP contribution in [0.15, 0.2) is 29.2 Å². The summed E-state index contributed by atoms with van der Waals surface area (Å²) < 4.78 is 1.88. The molecule has 16 heavy (non-hydrogen) atoms. The van der Waals surface area contributed by atoms with Gasteiger partial charge in [0.15, 0.2) is 0 Å². The van der Waals surface area contributed by atoms with Crippen LogP contribution in [0, 0.1) is 5.92 Å². The van der Waals surface area contributed by atoms with Gasteiger partial charge in [0.25, 0.3) is 5.56 Å². The van der Waals surface area contributed by atoms with E-state index in [9.17, 15) is 4.79 Å². The summed E-state index contributed by atoms with van der Waals surface area (Å²) in [6, 6.07) is 1.50. The topological polar surface area (TPSA) is 50.2 Å². The standard InChI is InChI=1S/C12H11N3O/c1-8-3-2-4-10-9(7-8)13-12-14-11(16)5-6-15(10)12/h2-8H,1H3,(H,13,14,16). The Bertz CT molecular complexity index is 749. The number of hydrogen-bond acceptors (Lipinski definition) is 2. The molecule has 0 saturated heterocycles. The zero-order valence-corrected chi connectivity index (χ0v) is 8.84. The highest BCUT2D eigenvalue weighted by Gasteiger charge is 2.03. The zero-order valence-electron chi connectivity index (χ0n) is 8.84. The predicted octanol–water partition coefficient (Wildman–Crippen LogP) is -0.211. The van der Waals surface area contributed by atoms with Crippen LogP contribution < -0.4 is 16.3 Å². The van der Waals surface area contributed by atoms with Crippen LogP contribution in [0.3, 0.4) is 0 Å². The van der Waals surface area contributed by atoms with E-state index in [1.165, 1.54) is 6.07 Å². The summed E-state index contributed by atoms with van der Waals surface area (Å²) >= 11 is 0. The molecule has 80 valence electrons. The lowest BCUT2D eigenvalue weighted by Crippen LogP contribution is -2.27. The number of nitrogens with one attached hydrogen (secondary N) is 1. The molecular formula is C12H11N3O. The lowest BCUT2D eigenvalue weighted by Gasteiger charge is -1.91. The molecule has 0 saturated carbocycles. The van der Waals surface area contributed by atoms with Gasteiger partial charge in [-0.25, -0.2) is 4.98 Å². The van der Waals surface area contributed by atoms with Gasteiger partial charge in [-0.1, -0.05) is 19.1 Å². The zero-order chi connectivity index (χ0) is 11.1. The SMILES string of the molecule is CC1C=CC=c2c(nc3[nH]c(=O)ccn23)=C1. The van der Waals surface area contributed by atoms with Crippen molar-refractivity contribution in [2.24, 2.45) is 5.92 Å². The number of aromatic nitrogens is 3. The molecule has 1 aliphatic rings. The van der Waals surface area contributed by atoms with Gasteiger partial charge in [0.05, 0.1) is 10.7 Å². The van der Waals surface area contributed by atoms with Crippen molar-refractivity contribution in [1.82, 2.24) is 14.4 Å². The molecule has 1 atom stereocenters. The van der Waals surface area contributed by atoms with Crippen LogP contribution in [0.5, 0.6) is 0 Å². The number of H-pyrrole nitrogens is 1. The average molecular weight is 213 g/mol. The monoisotopic (exact) mass is 213 g/mol. The number of imidazole rings is 1. The third-order valence-corrected chi connectivity index (χ3v) is 2.68. The molecule has 2 aromatic heterocycles. The summed E-state index contributed by atoms with van der Waals surface area (Å²) in [5.41, 5.74) is -0.128. The third-order valence-electron chi connectivity index (χ3n) is 2.68. The Morgan fingerprint density at radius 1 is 1.50 bits per heavy atom. The largest absolute Gasteiger partial charge is 0.292 e. The van der Waals surface area contributed by atoms with Crippen LogP contribution in [-0.4, -0.2) is 14.4 Å². The second-order valence-corrected chi connectivity index (χ2v) is 3.96. The Labute approximate surface area is 91.3 Å². The predicted molar refractivity (Wildman–Crippen MR) is 62.3 cm³/mol. The van der Waals surface area contributed by atoms with Gasteiger partial charge in [-0.2, -0.15) is 0 Å². The number of fused-ring (bicyclic) bond motifs is 3. The minimum Gasteiger partial charge on any atom is -0.292 e. The van der Waals surface area contributed by atoms with Gasteiger partial charge in [-0.05, 0) is 18.1 Å². The third kappa shape index (κ3) is 1.31. The highest BCUT2D eigenvalue weighted by Crippen LogP contribution is 2.00. The highest BCUT2D eigenvalue weighted by molar-refractivity contribution is 5.46. The van der Waals surface area contributed by atoms with Crippen molar-refractivity contribution in [2.75, 3.05) is 0 Å². The van der Waals surface area contributed by atoms with E-state index in [4.69, 9.17) is 0 Å². The summed E-state index contributed by atoms with van der Waals surface area (Å²) in [6.45, 7) is 2.10. The molecule has 0 amide bonds. The highest BCUT2D eigenvalue weighted by atomic mass is 16.1. The maximum Gasteiger partial charge on any atom is 0.252 e. The number of hydrogen-bond donors (Lipinski definition) is 1. The van der Waals surface area contributed by atoms with Gasteiger partial charge >= 0.3 is 0 Å². The Hall–Kier alpha value is -2.10. The number of rotatable bonds is 0. The normalized spacial score (nSPS) is 18.7. The van der Waals surface area contributed by atoms with Gasteiger partial charge < -0.3 is 0 Å². The van der Waals surface area contributed by atoms with Gasteiger partial charge in [0.2, 0.25) is 5.78 Å². The molecule has 2 heterocycles. The van der Waals surface area contributed by atoms with Crippen LogP contribution in [0.2, 0.25) is 0 Å². The van der Waals surface area contributed by atoms with Gasteiger partial charge in [0, 0.05) is 12.3 Å². The Balaban J connectivity index is 2.53. The quantitative estimate of drug-likeness (QED) is 0.658. The molecule has 0 bridgehead atoms. The van der Waals surface area contributed by atoms with Crippen molar-refractivity contribution < 1.29 is 0 Å². The number of aromatic amines is 1. The van der Waals surface area contributed by atoms with E-state index >= 15 is 0 Å². The lowest BCUT2D eigenvalue weighted by molar-refractivity contribution is 0.992. The summed E-state index contributed by atoms with van der Waals surface area (Å²) in [5, 5.41) is 1.92. The van der Waals surface area contributed by atoms with Crippen molar-refractivity contribution in [3.63, 3.8) is 0 Å². The lowest BCUT2D eigenvalue weighted by atomic mass is 10.2. The second-order valence-electron chi connectivity index (χ2n) is 3.96. The van der Waals surface area contributed by atoms with Crippen LogP contribution in [0.1, 0.15) is 6.92 Å². The molecule has 2 aromatic rings.